The van der Waals surface area contributed by atoms with E-state index in [0.717, 1.165) is 5.69 Å². The average molecular weight is 424 g/mol. The van der Waals surface area contributed by atoms with Crippen LogP contribution in [-0.2, 0) is 11.3 Å². The Morgan fingerprint density at radius 1 is 1.19 bits per heavy atom. The van der Waals surface area contributed by atoms with Crippen molar-refractivity contribution in [2.24, 2.45) is 5.73 Å². The predicted octanol–water partition coefficient (Wildman–Crippen LogP) is 2.76. The van der Waals surface area contributed by atoms with E-state index in [1.807, 2.05) is 16.3 Å². The van der Waals surface area contributed by atoms with Gasteiger partial charge in [0, 0.05) is 37.4 Å². The van der Waals surface area contributed by atoms with Crippen LogP contribution in [0.25, 0.3) is 0 Å². The molecule has 4 N–H and O–H groups in total. The van der Waals surface area contributed by atoms with Crippen molar-refractivity contribution in [3.63, 3.8) is 0 Å². The van der Waals surface area contributed by atoms with E-state index >= 15 is 4.39 Å². The third-order valence-electron chi connectivity index (χ3n) is 5.36. The molecule has 31 heavy (non-hydrogen) atoms. The number of nitrogens with zero attached hydrogens (tertiary/aromatic N) is 3. The van der Waals surface area contributed by atoms with Gasteiger partial charge in [-0.25, -0.2) is 9.18 Å². The second-order valence-corrected chi connectivity index (χ2v) is 7.40. The summed E-state index contributed by atoms with van der Waals surface area (Å²) in [4.78, 5) is 15.6. The van der Waals surface area contributed by atoms with Crippen molar-refractivity contribution in [1.82, 2.24) is 5.32 Å². The van der Waals surface area contributed by atoms with Crippen LogP contribution in [-0.4, -0.2) is 38.2 Å². The predicted molar refractivity (Wildman–Crippen MR) is 117 cm³/mol. The van der Waals surface area contributed by atoms with Crippen molar-refractivity contribution in [2.45, 2.75) is 20.5 Å². The van der Waals surface area contributed by atoms with Gasteiger partial charge in [-0.2, -0.15) is 5.26 Å². The highest BCUT2D eigenvalue weighted by Gasteiger charge is 2.24. The second-order valence-electron chi connectivity index (χ2n) is 7.40. The Morgan fingerprint density at radius 2 is 1.87 bits per heavy atom. The zero-order valence-electron chi connectivity index (χ0n) is 17.5. The van der Waals surface area contributed by atoms with Crippen molar-refractivity contribution in [2.75, 3.05) is 36.0 Å². The Labute approximate surface area is 180 Å². The molecular weight excluding hydrogens is 399 g/mol. The highest BCUT2D eigenvalue weighted by molar-refractivity contribution is 5.90. The molecule has 0 saturated carbocycles. The number of carbonyl (C=O) groups excluding carboxylic acids is 1. The quantitative estimate of drug-likeness (QED) is 0.513. The number of halogens is 1. The molecule has 1 fully saturated rings. The van der Waals surface area contributed by atoms with Crippen molar-refractivity contribution in [3.8, 4) is 6.07 Å². The first-order valence-electron chi connectivity index (χ1n) is 9.86. The molecule has 2 aromatic carbocycles. The summed E-state index contributed by atoms with van der Waals surface area (Å²) in [6.45, 7) is 6.29. The summed E-state index contributed by atoms with van der Waals surface area (Å²) < 4.78 is 20.2. The van der Waals surface area contributed by atoms with Gasteiger partial charge in [-0.15, -0.1) is 0 Å². The zero-order valence-corrected chi connectivity index (χ0v) is 17.5. The van der Waals surface area contributed by atoms with E-state index in [1.165, 1.54) is 23.3 Å². The lowest BCUT2D eigenvalue weighted by molar-refractivity contribution is 0.143. The molecule has 3 rings (SSSR count). The van der Waals surface area contributed by atoms with Crippen LogP contribution in [0.3, 0.4) is 0 Å². The highest BCUT2D eigenvalue weighted by atomic mass is 19.1. The molecule has 0 aromatic heterocycles. The van der Waals surface area contributed by atoms with Crippen molar-refractivity contribution in [1.29, 1.82) is 10.7 Å². The summed E-state index contributed by atoms with van der Waals surface area (Å²) in [5.41, 5.74) is 9.25. The van der Waals surface area contributed by atoms with Gasteiger partial charge in [-0.1, -0.05) is 12.1 Å². The number of ether oxygens (including phenoxy) is 1. The van der Waals surface area contributed by atoms with E-state index in [2.05, 4.69) is 36.9 Å². The molecule has 162 valence electrons. The summed E-state index contributed by atoms with van der Waals surface area (Å²) in [5.74, 6) is -1.15. The molecule has 1 heterocycles. The maximum absolute atomic E-state index is 15.2. The number of anilines is 2. The third kappa shape index (κ3) is 5.04. The molecule has 0 bridgehead atoms. The summed E-state index contributed by atoms with van der Waals surface area (Å²) in [5, 5.41) is 18.5. The summed E-state index contributed by atoms with van der Waals surface area (Å²) in [7, 11) is 0. The van der Waals surface area contributed by atoms with Gasteiger partial charge in [0.15, 0.2) is 11.8 Å². The number of amides is 1. The number of hydrogen-bond donors (Lipinski definition) is 3. The first-order valence-corrected chi connectivity index (χ1v) is 9.86. The maximum Gasteiger partial charge on any atom is 0.414 e. The number of nitrogens with two attached hydrogens (primary N) is 1. The van der Waals surface area contributed by atoms with E-state index in [-0.39, 0.29) is 23.4 Å². The van der Waals surface area contributed by atoms with Crippen molar-refractivity contribution < 1.29 is 13.9 Å². The largest absolute Gasteiger partial charge is 0.444 e. The minimum Gasteiger partial charge on any atom is -0.444 e. The fourth-order valence-corrected chi connectivity index (χ4v) is 3.52. The molecule has 8 nitrogen and oxygen atoms in total. The Morgan fingerprint density at radius 3 is 2.48 bits per heavy atom. The van der Waals surface area contributed by atoms with Crippen LogP contribution in [0.1, 0.15) is 22.3 Å². The van der Waals surface area contributed by atoms with E-state index in [1.54, 1.807) is 0 Å². The topological polar surface area (TPSA) is 118 Å². The summed E-state index contributed by atoms with van der Waals surface area (Å²) in [6, 6.07) is 11.3. The van der Waals surface area contributed by atoms with E-state index in [9.17, 15) is 10.1 Å². The minimum absolute atomic E-state index is 0.143. The number of piperazine rings is 1. The Balaban J connectivity index is 1.74. The van der Waals surface area contributed by atoms with E-state index in [4.69, 9.17) is 15.9 Å². The van der Waals surface area contributed by atoms with Crippen molar-refractivity contribution in [3.05, 3.63) is 58.4 Å². The molecule has 0 radical (unpaired) electrons. The second kappa shape index (κ2) is 9.34. The zero-order chi connectivity index (χ0) is 22.5. The molecule has 9 heteroatoms. The number of alkyl carbamates (subject to hydrolysis) is 1. The number of aryl methyl sites for hydroxylation is 2. The van der Waals surface area contributed by atoms with Gasteiger partial charge in [0.2, 0.25) is 0 Å². The summed E-state index contributed by atoms with van der Waals surface area (Å²) >= 11 is 0. The first kappa shape index (κ1) is 21.9. The lowest BCUT2D eigenvalue weighted by Gasteiger charge is -2.38. The fraction of sp³-hybridized carbons (Fsp3) is 0.318. The van der Waals surface area contributed by atoms with Gasteiger partial charge in [0.05, 0.1) is 11.3 Å². The number of nitriles is 1. The number of benzene rings is 2. The normalized spacial score (nSPS) is 13.5. The van der Waals surface area contributed by atoms with Gasteiger partial charge >= 0.3 is 6.09 Å². The van der Waals surface area contributed by atoms with Crippen molar-refractivity contribution >= 4 is 23.4 Å². The van der Waals surface area contributed by atoms with E-state index in [0.29, 0.717) is 26.2 Å². The summed E-state index contributed by atoms with van der Waals surface area (Å²) in [6.07, 6.45) is -0.945. The lowest BCUT2D eigenvalue weighted by Crippen LogP contribution is -2.47. The minimum atomic E-state index is -0.945. The van der Waals surface area contributed by atoms with Gasteiger partial charge < -0.3 is 20.3 Å². The monoisotopic (exact) mass is 424 g/mol. The molecule has 0 atom stereocenters. The molecular formula is C22H25FN6O2. The highest BCUT2D eigenvalue weighted by Crippen LogP contribution is 2.29. The number of nitrogens with one attached hydrogen (secondary N) is 2. The molecule has 0 spiro atoms. The van der Waals surface area contributed by atoms with E-state index < -0.39 is 17.9 Å². The number of hydrogen-bond acceptors (Lipinski definition) is 6. The standard InChI is InChI=1S/C22H25FN6O2/c1-14-3-6-18(11-15(14)2)28-7-9-29(10-8-28)20-16(12-24)4-5-17(19(20)23)13-31-22(30)27-21(25)26/h3-6,11H,7-10,13H2,1-2H3,(H4,25,26,27,30). The number of rotatable bonds is 4. The third-order valence-corrected chi connectivity index (χ3v) is 5.36. The molecule has 1 aliphatic rings. The Hall–Kier alpha value is -3.80. The SMILES string of the molecule is Cc1ccc(N2CCN(c3c(C#N)ccc(COC(=O)NC(=N)N)c3F)CC2)cc1C. The van der Waals surface area contributed by atoms with Gasteiger partial charge in [-0.05, 0) is 43.2 Å². The van der Waals surface area contributed by atoms with Crippen LogP contribution in [0.5, 0.6) is 0 Å². The Bertz CT molecular complexity index is 1040. The van der Waals surface area contributed by atoms with Gasteiger partial charge in [0.1, 0.15) is 12.7 Å². The molecule has 0 unspecified atom stereocenters. The van der Waals surface area contributed by atoms with Crippen LogP contribution in [0.2, 0.25) is 0 Å². The molecule has 1 amide bonds. The molecule has 0 aliphatic carbocycles. The van der Waals surface area contributed by atoms with Crippen LogP contribution < -0.4 is 20.9 Å². The van der Waals surface area contributed by atoms with Crippen LogP contribution in [0.4, 0.5) is 20.6 Å². The number of carbonyl (C=O) groups is 1. The van der Waals surface area contributed by atoms with Crippen LogP contribution in [0, 0.1) is 36.4 Å². The number of guanidine groups is 1. The Kier molecular flexibility index (Phi) is 6.60. The van der Waals surface area contributed by atoms with Crippen LogP contribution in [0.15, 0.2) is 30.3 Å². The van der Waals surface area contributed by atoms with Gasteiger partial charge in [-0.3, -0.25) is 10.7 Å². The first-order chi connectivity index (χ1) is 14.8. The lowest BCUT2D eigenvalue weighted by atomic mass is 10.1. The maximum atomic E-state index is 15.2. The fourth-order valence-electron chi connectivity index (χ4n) is 3.52. The molecule has 2 aromatic rings. The molecule has 1 aliphatic heterocycles. The smallest absolute Gasteiger partial charge is 0.414 e. The van der Waals surface area contributed by atoms with Gasteiger partial charge in [0.25, 0.3) is 0 Å². The molecule has 1 saturated heterocycles. The van der Waals surface area contributed by atoms with Crippen LogP contribution >= 0.6 is 0 Å². The average Bonchev–Trinajstić information content (AvgIpc) is 2.74.